The van der Waals surface area contributed by atoms with E-state index in [1.54, 1.807) is 14.1 Å². The molecule has 0 aliphatic rings. The third-order valence-corrected chi connectivity index (χ3v) is 3.29. The number of guanidine groups is 1. The lowest BCUT2D eigenvalue weighted by Crippen LogP contribution is -2.42. The van der Waals surface area contributed by atoms with Gasteiger partial charge in [-0.1, -0.05) is 23.7 Å². The number of nitrogens with zero attached hydrogens (tertiary/aromatic N) is 2. The lowest BCUT2D eigenvalue weighted by atomic mass is 10.2. The lowest BCUT2D eigenvalue weighted by molar-refractivity contribution is 0.0302. The summed E-state index contributed by atoms with van der Waals surface area (Å²) >= 11 is 5.87. The lowest BCUT2D eigenvalue weighted by Gasteiger charge is -2.24. The normalized spacial score (nSPS) is 11.8. The fourth-order valence-corrected chi connectivity index (χ4v) is 1.91. The molecule has 0 saturated heterocycles. The highest BCUT2D eigenvalue weighted by Gasteiger charge is 2.19. The first-order chi connectivity index (χ1) is 11.2. The Hall–Kier alpha value is -1.95. The molecule has 1 aromatic rings. The molecule has 2 N–H and O–H groups in total. The summed E-state index contributed by atoms with van der Waals surface area (Å²) in [5.74, 6) is 0.669. The number of hydrogen-bond acceptors (Lipinski definition) is 3. The van der Waals surface area contributed by atoms with Crippen molar-refractivity contribution in [3.8, 4) is 0 Å². The molecular formula is C17H27ClN4O2. The molecule has 134 valence electrons. The van der Waals surface area contributed by atoms with E-state index in [-0.39, 0.29) is 6.09 Å². The molecule has 0 aromatic heterocycles. The molecule has 0 heterocycles. The van der Waals surface area contributed by atoms with E-state index >= 15 is 0 Å². The second-order valence-electron chi connectivity index (χ2n) is 6.38. The van der Waals surface area contributed by atoms with Gasteiger partial charge in [-0.3, -0.25) is 4.99 Å². The van der Waals surface area contributed by atoms with Gasteiger partial charge in [-0.2, -0.15) is 0 Å². The Labute approximate surface area is 149 Å². The first-order valence-electron chi connectivity index (χ1n) is 7.84. The predicted molar refractivity (Wildman–Crippen MR) is 98.5 cm³/mol. The van der Waals surface area contributed by atoms with Gasteiger partial charge in [-0.05, 0) is 38.5 Å². The Balaban J connectivity index is 2.33. The number of rotatable bonds is 5. The van der Waals surface area contributed by atoms with Crippen molar-refractivity contribution < 1.29 is 9.53 Å². The van der Waals surface area contributed by atoms with Crippen LogP contribution < -0.4 is 10.6 Å². The Kier molecular flexibility index (Phi) is 7.85. The van der Waals surface area contributed by atoms with E-state index in [1.165, 1.54) is 4.90 Å². The number of carbonyl (C=O) groups is 1. The first kappa shape index (κ1) is 20.1. The van der Waals surface area contributed by atoms with Crippen LogP contribution >= 0.6 is 11.6 Å². The van der Waals surface area contributed by atoms with Crippen LogP contribution in [0, 0.1) is 0 Å². The zero-order chi connectivity index (χ0) is 18.2. The van der Waals surface area contributed by atoms with Crippen molar-refractivity contribution in [2.75, 3.05) is 27.2 Å². The van der Waals surface area contributed by atoms with Crippen molar-refractivity contribution in [2.24, 2.45) is 4.99 Å². The van der Waals surface area contributed by atoms with Gasteiger partial charge in [-0.25, -0.2) is 4.79 Å². The van der Waals surface area contributed by atoms with Crippen LogP contribution in [0.3, 0.4) is 0 Å². The predicted octanol–water partition coefficient (Wildman–Crippen LogP) is 2.87. The molecule has 0 atom stereocenters. The van der Waals surface area contributed by atoms with Crippen LogP contribution in [0.2, 0.25) is 5.02 Å². The maximum atomic E-state index is 11.9. The molecule has 6 nitrogen and oxygen atoms in total. The van der Waals surface area contributed by atoms with Crippen molar-refractivity contribution in [1.29, 1.82) is 0 Å². The van der Waals surface area contributed by atoms with Crippen molar-refractivity contribution in [2.45, 2.75) is 32.9 Å². The standard InChI is InChI=1S/C17H27ClN4O2/c1-17(2,3)24-16(23)22(5)11-10-20-15(19-4)21-12-13-6-8-14(18)9-7-13/h6-9H,10-12H2,1-5H3,(H2,19,20,21). The summed E-state index contributed by atoms with van der Waals surface area (Å²) < 4.78 is 5.30. The van der Waals surface area contributed by atoms with Crippen molar-refractivity contribution in [1.82, 2.24) is 15.5 Å². The largest absolute Gasteiger partial charge is 0.444 e. The second kappa shape index (κ2) is 9.37. The minimum atomic E-state index is -0.491. The smallest absolute Gasteiger partial charge is 0.410 e. The number of carbonyl (C=O) groups excluding carboxylic acids is 1. The molecule has 0 radical (unpaired) electrons. The quantitative estimate of drug-likeness (QED) is 0.630. The molecule has 1 amide bonds. The summed E-state index contributed by atoms with van der Waals surface area (Å²) in [6.45, 7) is 7.25. The van der Waals surface area contributed by atoms with E-state index in [9.17, 15) is 4.79 Å². The summed E-state index contributed by atoms with van der Waals surface area (Å²) in [7, 11) is 3.41. The van der Waals surface area contributed by atoms with Crippen molar-refractivity contribution in [3.05, 3.63) is 34.9 Å². The number of benzene rings is 1. The minimum Gasteiger partial charge on any atom is -0.444 e. The maximum absolute atomic E-state index is 11.9. The number of likely N-dealkylation sites (N-methyl/N-ethyl adjacent to an activating group) is 1. The van der Waals surface area contributed by atoms with Gasteiger partial charge in [-0.15, -0.1) is 0 Å². The highest BCUT2D eigenvalue weighted by Crippen LogP contribution is 2.09. The molecule has 24 heavy (non-hydrogen) atoms. The Morgan fingerprint density at radius 2 is 1.88 bits per heavy atom. The Morgan fingerprint density at radius 3 is 2.42 bits per heavy atom. The van der Waals surface area contributed by atoms with Crippen LogP contribution in [-0.4, -0.2) is 49.7 Å². The number of ether oxygens (including phenoxy) is 1. The van der Waals surface area contributed by atoms with E-state index in [0.717, 1.165) is 5.56 Å². The number of aliphatic imine (C=N–C) groups is 1. The average molecular weight is 355 g/mol. The van der Waals surface area contributed by atoms with Gasteiger partial charge >= 0.3 is 6.09 Å². The van der Waals surface area contributed by atoms with Gasteiger partial charge in [0, 0.05) is 38.8 Å². The second-order valence-corrected chi connectivity index (χ2v) is 6.82. The van der Waals surface area contributed by atoms with Gasteiger partial charge in [0.05, 0.1) is 0 Å². The third kappa shape index (κ3) is 8.06. The molecule has 0 aliphatic carbocycles. The topological polar surface area (TPSA) is 66.0 Å². The van der Waals surface area contributed by atoms with Gasteiger partial charge in [0.15, 0.2) is 5.96 Å². The molecule has 1 aromatic carbocycles. The van der Waals surface area contributed by atoms with E-state index in [4.69, 9.17) is 16.3 Å². The molecule has 7 heteroatoms. The van der Waals surface area contributed by atoms with E-state index in [2.05, 4.69) is 15.6 Å². The van der Waals surface area contributed by atoms with Gasteiger partial charge in [0.25, 0.3) is 0 Å². The minimum absolute atomic E-state index is 0.339. The molecule has 0 aliphatic heterocycles. The Morgan fingerprint density at radius 1 is 1.25 bits per heavy atom. The highest BCUT2D eigenvalue weighted by atomic mass is 35.5. The summed E-state index contributed by atoms with van der Waals surface area (Å²) in [5.41, 5.74) is 0.614. The SMILES string of the molecule is CN=C(NCCN(C)C(=O)OC(C)(C)C)NCc1ccc(Cl)cc1. The van der Waals surface area contributed by atoms with Gasteiger partial charge in [0.1, 0.15) is 5.60 Å². The van der Waals surface area contributed by atoms with E-state index in [0.29, 0.717) is 30.6 Å². The average Bonchev–Trinajstić information content (AvgIpc) is 2.50. The molecule has 0 unspecified atom stereocenters. The molecule has 0 saturated carbocycles. The summed E-state index contributed by atoms with van der Waals surface area (Å²) in [6.07, 6.45) is -0.339. The van der Waals surface area contributed by atoms with E-state index in [1.807, 2.05) is 45.0 Å². The summed E-state index contributed by atoms with van der Waals surface area (Å²) in [6, 6.07) is 7.62. The maximum Gasteiger partial charge on any atom is 0.410 e. The monoisotopic (exact) mass is 354 g/mol. The van der Waals surface area contributed by atoms with Gasteiger partial charge < -0.3 is 20.3 Å². The van der Waals surface area contributed by atoms with Crippen molar-refractivity contribution in [3.63, 3.8) is 0 Å². The number of halogens is 1. The highest BCUT2D eigenvalue weighted by molar-refractivity contribution is 6.30. The fourth-order valence-electron chi connectivity index (χ4n) is 1.78. The fraction of sp³-hybridized carbons (Fsp3) is 0.529. The zero-order valence-electron chi connectivity index (χ0n) is 15.0. The van der Waals surface area contributed by atoms with Crippen LogP contribution in [0.15, 0.2) is 29.3 Å². The number of hydrogen-bond donors (Lipinski definition) is 2. The van der Waals surface area contributed by atoms with E-state index < -0.39 is 5.60 Å². The zero-order valence-corrected chi connectivity index (χ0v) is 15.8. The number of nitrogens with one attached hydrogen (secondary N) is 2. The Bertz CT molecular complexity index is 553. The van der Waals surface area contributed by atoms with Crippen LogP contribution in [0.5, 0.6) is 0 Å². The first-order valence-corrected chi connectivity index (χ1v) is 8.22. The third-order valence-electron chi connectivity index (χ3n) is 3.04. The van der Waals surface area contributed by atoms with Crippen molar-refractivity contribution >= 4 is 23.7 Å². The number of amides is 1. The summed E-state index contributed by atoms with van der Waals surface area (Å²) in [4.78, 5) is 17.5. The molecule has 1 rings (SSSR count). The molecule has 0 spiro atoms. The van der Waals surface area contributed by atoms with Crippen LogP contribution in [0.1, 0.15) is 26.3 Å². The summed E-state index contributed by atoms with van der Waals surface area (Å²) in [5, 5.41) is 7.08. The molecule has 0 fully saturated rings. The van der Waals surface area contributed by atoms with Crippen LogP contribution in [0.25, 0.3) is 0 Å². The van der Waals surface area contributed by atoms with Gasteiger partial charge in [0.2, 0.25) is 0 Å². The molecular weight excluding hydrogens is 328 g/mol. The van der Waals surface area contributed by atoms with Crippen LogP contribution in [-0.2, 0) is 11.3 Å². The van der Waals surface area contributed by atoms with Crippen LogP contribution in [0.4, 0.5) is 4.79 Å². The molecule has 0 bridgehead atoms.